The van der Waals surface area contributed by atoms with Crippen LogP contribution >= 0.6 is 15.9 Å². The molecular weight excluding hydrogens is 223 g/mol. The molecule has 1 nitrogen and oxygen atoms in total. The van der Waals surface area contributed by atoms with Gasteiger partial charge in [-0.1, -0.05) is 12.1 Å². The van der Waals surface area contributed by atoms with Gasteiger partial charge in [0.2, 0.25) is 0 Å². The van der Waals surface area contributed by atoms with Crippen LogP contribution in [0.5, 0.6) is 0 Å². The number of carbonyl (C=O) groups excluding carboxylic acids is 1. The highest BCUT2D eigenvalue weighted by atomic mass is 79.9. The summed E-state index contributed by atoms with van der Waals surface area (Å²) in [4.78, 5) is 10.0. The van der Waals surface area contributed by atoms with Gasteiger partial charge in [-0.15, -0.1) is 0 Å². The molecule has 0 aliphatic heterocycles. The van der Waals surface area contributed by atoms with Crippen LogP contribution in [0.25, 0.3) is 0 Å². The van der Waals surface area contributed by atoms with E-state index in [9.17, 15) is 9.18 Å². The highest BCUT2D eigenvalue weighted by Crippen LogP contribution is 2.19. The molecule has 3 heteroatoms. The van der Waals surface area contributed by atoms with E-state index >= 15 is 0 Å². The first kappa shape index (κ1) is 9.39. The molecule has 1 aromatic carbocycles. The van der Waals surface area contributed by atoms with Gasteiger partial charge in [0.05, 0.1) is 4.47 Å². The highest BCUT2D eigenvalue weighted by Gasteiger charge is 2.04. The SMILES string of the molecule is O=CCCc1cccc(Br)c1F. The second kappa shape index (κ2) is 4.36. The van der Waals surface area contributed by atoms with Crippen LogP contribution in [0.2, 0.25) is 0 Å². The molecule has 1 aromatic rings. The quantitative estimate of drug-likeness (QED) is 0.731. The Labute approximate surface area is 78.7 Å². The standard InChI is InChI=1S/C9H8BrFO/c10-8-5-1-3-7(9(8)11)4-2-6-12/h1,3,5-6H,2,4H2. The van der Waals surface area contributed by atoms with Crippen LogP contribution in [0.1, 0.15) is 12.0 Å². The maximum Gasteiger partial charge on any atom is 0.140 e. The van der Waals surface area contributed by atoms with Crippen LogP contribution in [0.15, 0.2) is 22.7 Å². The zero-order chi connectivity index (χ0) is 8.97. The lowest BCUT2D eigenvalue weighted by Gasteiger charge is -2.00. The number of aryl methyl sites for hydroxylation is 1. The van der Waals surface area contributed by atoms with Crippen LogP contribution in [-0.4, -0.2) is 6.29 Å². The van der Waals surface area contributed by atoms with Crippen molar-refractivity contribution in [1.82, 2.24) is 0 Å². The third-order valence-electron chi connectivity index (χ3n) is 1.56. The predicted molar refractivity (Wildman–Crippen MR) is 48.5 cm³/mol. The lowest BCUT2D eigenvalue weighted by atomic mass is 10.1. The molecule has 0 bridgehead atoms. The van der Waals surface area contributed by atoms with E-state index in [4.69, 9.17) is 0 Å². The molecule has 0 N–H and O–H groups in total. The molecular formula is C9H8BrFO. The van der Waals surface area contributed by atoms with E-state index in [1.54, 1.807) is 18.2 Å². The van der Waals surface area contributed by atoms with Gasteiger partial charge < -0.3 is 4.79 Å². The molecule has 0 saturated carbocycles. The first-order chi connectivity index (χ1) is 5.75. The van der Waals surface area contributed by atoms with Crippen molar-refractivity contribution in [2.24, 2.45) is 0 Å². The summed E-state index contributed by atoms with van der Waals surface area (Å²) in [6, 6.07) is 5.08. The number of halogens is 2. The van der Waals surface area contributed by atoms with Gasteiger partial charge in [0.25, 0.3) is 0 Å². The zero-order valence-corrected chi connectivity index (χ0v) is 7.97. The Morgan fingerprint density at radius 2 is 2.25 bits per heavy atom. The summed E-state index contributed by atoms with van der Waals surface area (Å²) in [5, 5.41) is 0. The van der Waals surface area contributed by atoms with E-state index in [-0.39, 0.29) is 5.82 Å². The van der Waals surface area contributed by atoms with Crippen molar-refractivity contribution < 1.29 is 9.18 Å². The van der Waals surface area contributed by atoms with Crippen LogP contribution in [0.4, 0.5) is 4.39 Å². The second-order valence-corrected chi connectivity index (χ2v) is 3.27. The van der Waals surface area contributed by atoms with Crippen molar-refractivity contribution in [3.63, 3.8) is 0 Å². The smallest absolute Gasteiger partial charge is 0.140 e. The Morgan fingerprint density at radius 3 is 2.92 bits per heavy atom. The van der Waals surface area contributed by atoms with Crippen LogP contribution < -0.4 is 0 Å². The molecule has 0 heterocycles. The van der Waals surface area contributed by atoms with Crippen molar-refractivity contribution >= 4 is 22.2 Å². The molecule has 0 spiro atoms. The zero-order valence-electron chi connectivity index (χ0n) is 6.39. The molecule has 0 aromatic heterocycles. The maximum atomic E-state index is 13.2. The second-order valence-electron chi connectivity index (χ2n) is 2.42. The average molecular weight is 231 g/mol. The topological polar surface area (TPSA) is 17.1 Å². The Balaban J connectivity index is 2.84. The molecule has 0 unspecified atom stereocenters. The fraction of sp³-hybridized carbons (Fsp3) is 0.222. The molecule has 0 atom stereocenters. The molecule has 0 saturated heterocycles. The van der Waals surface area contributed by atoms with E-state index in [1.165, 1.54) is 0 Å². The third-order valence-corrected chi connectivity index (χ3v) is 2.18. The van der Waals surface area contributed by atoms with Gasteiger partial charge in [-0.25, -0.2) is 4.39 Å². The molecule has 0 aliphatic carbocycles. The van der Waals surface area contributed by atoms with Crippen LogP contribution in [-0.2, 0) is 11.2 Å². The molecule has 12 heavy (non-hydrogen) atoms. The van der Waals surface area contributed by atoms with Gasteiger partial charge in [-0.3, -0.25) is 0 Å². The third kappa shape index (κ3) is 2.14. The Hall–Kier alpha value is -0.700. The predicted octanol–water partition coefficient (Wildman–Crippen LogP) is 2.72. The van der Waals surface area contributed by atoms with E-state index in [2.05, 4.69) is 15.9 Å². The van der Waals surface area contributed by atoms with E-state index in [1.807, 2.05) is 0 Å². The van der Waals surface area contributed by atoms with Gasteiger partial charge in [-0.05, 0) is 34.0 Å². The Kier molecular flexibility index (Phi) is 3.41. The number of hydrogen-bond donors (Lipinski definition) is 0. The van der Waals surface area contributed by atoms with Crippen molar-refractivity contribution in [2.75, 3.05) is 0 Å². The van der Waals surface area contributed by atoms with Crippen molar-refractivity contribution in [1.29, 1.82) is 0 Å². The molecule has 0 aliphatic rings. The molecule has 0 amide bonds. The summed E-state index contributed by atoms with van der Waals surface area (Å²) in [6.45, 7) is 0. The first-order valence-corrected chi connectivity index (χ1v) is 4.41. The fourth-order valence-corrected chi connectivity index (χ4v) is 1.36. The Bertz CT molecular complexity index is 286. The van der Waals surface area contributed by atoms with Crippen molar-refractivity contribution in [3.05, 3.63) is 34.1 Å². The maximum absolute atomic E-state index is 13.2. The van der Waals surface area contributed by atoms with Gasteiger partial charge in [-0.2, -0.15) is 0 Å². The van der Waals surface area contributed by atoms with Crippen molar-refractivity contribution in [3.8, 4) is 0 Å². The van der Waals surface area contributed by atoms with Crippen LogP contribution in [0, 0.1) is 5.82 Å². The fourth-order valence-electron chi connectivity index (χ4n) is 0.956. The van der Waals surface area contributed by atoms with E-state index in [0.29, 0.717) is 22.9 Å². The molecule has 1 rings (SSSR count). The summed E-state index contributed by atoms with van der Waals surface area (Å²) >= 11 is 3.07. The van der Waals surface area contributed by atoms with Crippen LogP contribution in [0.3, 0.4) is 0 Å². The molecule has 0 fully saturated rings. The minimum atomic E-state index is -0.264. The minimum absolute atomic E-state index is 0.264. The lowest BCUT2D eigenvalue weighted by molar-refractivity contribution is -0.107. The highest BCUT2D eigenvalue weighted by molar-refractivity contribution is 9.10. The lowest BCUT2D eigenvalue weighted by Crippen LogP contribution is -1.91. The van der Waals surface area contributed by atoms with Gasteiger partial charge in [0, 0.05) is 6.42 Å². The van der Waals surface area contributed by atoms with E-state index in [0.717, 1.165) is 6.29 Å². The van der Waals surface area contributed by atoms with Gasteiger partial charge in [0.1, 0.15) is 12.1 Å². The summed E-state index contributed by atoms with van der Waals surface area (Å²) in [5.41, 5.74) is 0.580. The number of benzene rings is 1. The largest absolute Gasteiger partial charge is 0.303 e. The number of aldehydes is 1. The molecule has 64 valence electrons. The Morgan fingerprint density at radius 1 is 1.50 bits per heavy atom. The summed E-state index contributed by atoms with van der Waals surface area (Å²) < 4.78 is 13.6. The summed E-state index contributed by atoms with van der Waals surface area (Å²) in [7, 11) is 0. The monoisotopic (exact) mass is 230 g/mol. The average Bonchev–Trinajstić information content (AvgIpc) is 2.08. The van der Waals surface area contributed by atoms with Gasteiger partial charge >= 0.3 is 0 Å². The number of carbonyl (C=O) groups is 1. The summed E-state index contributed by atoms with van der Waals surface area (Å²) in [5.74, 6) is -0.264. The van der Waals surface area contributed by atoms with Gasteiger partial charge in [0.15, 0.2) is 0 Å². The summed E-state index contributed by atoms with van der Waals surface area (Å²) in [6.07, 6.45) is 1.63. The van der Waals surface area contributed by atoms with E-state index < -0.39 is 0 Å². The number of hydrogen-bond acceptors (Lipinski definition) is 1. The normalized spacial score (nSPS) is 9.83. The molecule has 0 radical (unpaired) electrons. The minimum Gasteiger partial charge on any atom is -0.303 e. The van der Waals surface area contributed by atoms with Crippen molar-refractivity contribution in [2.45, 2.75) is 12.8 Å². The number of rotatable bonds is 3. The first-order valence-electron chi connectivity index (χ1n) is 3.62.